The molecule has 0 radical (unpaired) electrons. The molecular weight excluding hydrogens is 282 g/mol. The van der Waals surface area contributed by atoms with Crippen molar-refractivity contribution in [2.24, 2.45) is 5.73 Å². The van der Waals surface area contributed by atoms with Crippen molar-refractivity contribution in [2.75, 3.05) is 0 Å². The first-order valence-electron chi connectivity index (χ1n) is 5.72. The summed E-state index contributed by atoms with van der Waals surface area (Å²) in [5.74, 6) is 0. The number of nitrogens with one attached hydrogen (secondary N) is 1. The predicted molar refractivity (Wildman–Crippen MR) is 75.2 cm³/mol. The van der Waals surface area contributed by atoms with Crippen LogP contribution < -0.4 is 10.5 Å². The fourth-order valence-corrected chi connectivity index (χ4v) is 3.80. The second-order valence-corrected chi connectivity index (χ2v) is 7.22. The molecule has 0 atom stereocenters. The molecule has 0 spiro atoms. The van der Waals surface area contributed by atoms with E-state index in [4.69, 9.17) is 5.73 Å². The molecule has 1 aromatic carbocycles. The van der Waals surface area contributed by atoms with Gasteiger partial charge in [0.05, 0.1) is 11.2 Å². The topological polar surface area (TPSA) is 85.1 Å². The maximum absolute atomic E-state index is 12.0. The third kappa shape index (κ3) is 3.38. The summed E-state index contributed by atoms with van der Waals surface area (Å²) in [7, 11) is -3.50. The van der Waals surface area contributed by atoms with Crippen molar-refractivity contribution in [1.82, 2.24) is 9.71 Å². The zero-order chi connectivity index (χ0) is 13.9. The quantitative estimate of drug-likeness (QED) is 0.873. The molecule has 3 N–H and O–H groups in total. The Labute approximate surface area is 116 Å². The largest absolute Gasteiger partial charge is 0.326 e. The van der Waals surface area contributed by atoms with E-state index in [9.17, 15) is 8.42 Å². The molecule has 1 aromatic heterocycles. The normalized spacial score (nSPS) is 11.7. The molecule has 0 aliphatic rings. The van der Waals surface area contributed by atoms with E-state index in [1.165, 1.54) is 6.20 Å². The lowest BCUT2D eigenvalue weighted by Gasteiger charge is -2.08. The Morgan fingerprint density at radius 1 is 1.32 bits per heavy atom. The molecule has 0 amide bonds. The minimum absolute atomic E-state index is 0.229. The minimum Gasteiger partial charge on any atom is -0.326 e. The van der Waals surface area contributed by atoms with Gasteiger partial charge in [0.15, 0.2) is 4.21 Å². The summed E-state index contributed by atoms with van der Waals surface area (Å²) in [6.07, 6.45) is 1.37. The molecule has 0 saturated heterocycles. The Hall–Kier alpha value is -1.28. The van der Waals surface area contributed by atoms with E-state index >= 15 is 0 Å². The number of sulfonamides is 1. The van der Waals surface area contributed by atoms with Crippen molar-refractivity contribution >= 4 is 21.4 Å². The molecule has 102 valence electrons. The van der Waals surface area contributed by atoms with Crippen LogP contribution in [0.1, 0.15) is 16.1 Å². The molecule has 0 unspecified atom stereocenters. The monoisotopic (exact) mass is 297 g/mol. The van der Waals surface area contributed by atoms with Crippen LogP contribution in [0.5, 0.6) is 0 Å². The van der Waals surface area contributed by atoms with Gasteiger partial charge < -0.3 is 5.73 Å². The molecule has 0 bridgehead atoms. The van der Waals surface area contributed by atoms with Gasteiger partial charge in [0.2, 0.25) is 0 Å². The molecule has 1 heterocycles. The van der Waals surface area contributed by atoms with Gasteiger partial charge in [0, 0.05) is 13.1 Å². The molecule has 0 fully saturated rings. The maximum Gasteiger partial charge on any atom is 0.251 e. The van der Waals surface area contributed by atoms with Gasteiger partial charge in [0.1, 0.15) is 0 Å². The highest BCUT2D eigenvalue weighted by atomic mass is 32.2. The Balaban J connectivity index is 2.14. The molecule has 7 heteroatoms. The summed E-state index contributed by atoms with van der Waals surface area (Å²) in [6.45, 7) is 2.39. The van der Waals surface area contributed by atoms with E-state index in [0.717, 1.165) is 27.5 Å². The predicted octanol–water partition coefficient (Wildman–Crippen LogP) is 1.39. The van der Waals surface area contributed by atoms with Crippen LogP contribution in [0.4, 0.5) is 0 Å². The van der Waals surface area contributed by atoms with Crippen molar-refractivity contribution < 1.29 is 8.42 Å². The van der Waals surface area contributed by atoms with E-state index < -0.39 is 10.0 Å². The Bertz CT molecular complexity index is 665. The van der Waals surface area contributed by atoms with E-state index in [-0.39, 0.29) is 10.8 Å². The van der Waals surface area contributed by atoms with Gasteiger partial charge in [-0.05, 0) is 18.1 Å². The smallest absolute Gasteiger partial charge is 0.251 e. The zero-order valence-electron chi connectivity index (χ0n) is 10.5. The number of aryl methyl sites for hydroxylation is 1. The summed E-state index contributed by atoms with van der Waals surface area (Å²) in [4.78, 5) is 3.95. The number of nitrogens with zero attached hydrogens (tertiary/aromatic N) is 1. The fraction of sp³-hybridized carbons (Fsp3) is 0.250. The first kappa shape index (κ1) is 14.1. The van der Waals surface area contributed by atoms with Crippen LogP contribution in [-0.4, -0.2) is 13.4 Å². The van der Waals surface area contributed by atoms with E-state index in [1.807, 2.05) is 24.3 Å². The number of aromatic nitrogens is 1. The van der Waals surface area contributed by atoms with Gasteiger partial charge in [-0.2, -0.15) is 0 Å². The standard InChI is InChI=1S/C12H15N3O2S2/c1-9-14-8-12(18-9)19(16,17)15-7-11-5-3-2-4-10(11)6-13/h2-5,8,15H,6-7,13H2,1H3. The van der Waals surface area contributed by atoms with Crippen LogP contribution in [0.3, 0.4) is 0 Å². The van der Waals surface area contributed by atoms with Gasteiger partial charge in [0.25, 0.3) is 10.0 Å². The fourth-order valence-electron chi connectivity index (χ4n) is 1.64. The summed E-state index contributed by atoms with van der Waals surface area (Å²) >= 11 is 1.15. The van der Waals surface area contributed by atoms with Crippen molar-refractivity contribution in [3.05, 3.63) is 46.6 Å². The number of hydrogen-bond donors (Lipinski definition) is 2. The number of hydrogen-bond acceptors (Lipinski definition) is 5. The number of nitrogens with two attached hydrogens (primary N) is 1. The highest BCUT2D eigenvalue weighted by molar-refractivity contribution is 7.91. The molecule has 19 heavy (non-hydrogen) atoms. The van der Waals surface area contributed by atoms with Crippen LogP contribution in [0, 0.1) is 6.92 Å². The van der Waals surface area contributed by atoms with Crippen molar-refractivity contribution in [3.8, 4) is 0 Å². The van der Waals surface area contributed by atoms with Gasteiger partial charge in [-0.3, -0.25) is 0 Å². The van der Waals surface area contributed by atoms with Gasteiger partial charge >= 0.3 is 0 Å². The lowest BCUT2D eigenvalue weighted by molar-refractivity contribution is 0.583. The van der Waals surface area contributed by atoms with Crippen LogP contribution >= 0.6 is 11.3 Å². The summed E-state index contributed by atoms with van der Waals surface area (Å²) < 4.78 is 26.9. The summed E-state index contributed by atoms with van der Waals surface area (Å²) in [5, 5.41) is 0.725. The number of benzene rings is 1. The third-order valence-electron chi connectivity index (χ3n) is 2.66. The minimum atomic E-state index is -3.50. The van der Waals surface area contributed by atoms with Crippen molar-refractivity contribution in [2.45, 2.75) is 24.2 Å². The van der Waals surface area contributed by atoms with Gasteiger partial charge in [-0.1, -0.05) is 24.3 Å². The van der Waals surface area contributed by atoms with Crippen LogP contribution in [0.25, 0.3) is 0 Å². The highest BCUT2D eigenvalue weighted by Crippen LogP contribution is 2.18. The first-order chi connectivity index (χ1) is 9.03. The average Bonchev–Trinajstić information content (AvgIpc) is 2.84. The second kappa shape index (κ2) is 5.79. The van der Waals surface area contributed by atoms with Crippen molar-refractivity contribution in [1.29, 1.82) is 0 Å². The van der Waals surface area contributed by atoms with Crippen LogP contribution in [-0.2, 0) is 23.1 Å². The number of thiazole rings is 1. The van der Waals surface area contributed by atoms with E-state index in [1.54, 1.807) is 6.92 Å². The molecule has 2 aromatic rings. The van der Waals surface area contributed by atoms with E-state index in [2.05, 4.69) is 9.71 Å². The molecule has 5 nitrogen and oxygen atoms in total. The Morgan fingerprint density at radius 3 is 2.58 bits per heavy atom. The second-order valence-electron chi connectivity index (χ2n) is 4.00. The first-order valence-corrected chi connectivity index (χ1v) is 8.02. The number of rotatable bonds is 5. The molecule has 0 saturated carbocycles. The van der Waals surface area contributed by atoms with Crippen LogP contribution in [0.2, 0.25) is 0 Å². The third-order valence-corrected chi connectivity index (χ3v) is 5.43. The summed E-state index contributed by atoms with van der Waals surface area (Å²) in [5.41, 5.74) is 7.44. The van der Waals surface area contributed by atoms with E-state index in [0.29, 0.717) is 6.54 Å². The SMILES string of the molecule is Cc1ncc(S(=O)(=O)NCc2ccccc2CN)s1. The highest BCUT2D eigenvalue weighted by Gasteiger charge is 2.17. The lowest BCUT2D eigenvalue weighted by atomic mass is 10.1. The molecule has 0 aliphatic heterocycles. The van der Waals surface area contributed by atoms with Gasteiger partial charge in [-0.15, -0.1) is 11.3 Å². The maximum atomic E-state index is 12.0. The zero-order valence-corrected chi connectivity index (χ0v) is 12.1. The Morgan fingerprint density at radius 2 is 2.00 bits per heavy atom. The average molecular weight is 297 g/mol. The van der Waals surface area contributed by atoms with Crippen molar-refractivity contribution in [3.63, 3.8) is 0 Å². The van der Waals surface area contributed by atoms with Gasteiger partial charge in [-0.25, -0.2) is 18.1 Å². The molecule has 0 aliphatic carbocycles. The Kier molecular flexibility index (Phi) is 4.31. The molecule has 2 rings (SSSR count). The summed E-state index contributed by atoms with van der Waals surface area (Å²) in [6, 6.07) is 7.50. The lowest BCUT2D eigenvalue weighted by Crippen LogP contribution is -2.23. The van der Waals surface area contributed by atoms with Crippen LogP contribution in [0.15, 0.2) is 34.7 Å². The molecular formula is C12H15N3O2S2.